The zero-order chi connectivity index (χ0) is 19.6. The molecule has 0 heterocycles. The summed E-state index contributed by atoms with van der Waals surface area (Å²) in [6, 6.07) is 15.2. The van der Waals surface area contributed by atoms with Gasteiger partial charge in [-0.25, -0.2) is 4.21 Å². The molecule has 0 fully saturated rings. The summed E-state index contributed by atoms with van der Waals surface area (Å²) in [4.78, 5) is 0.722. The van der Waals surface area contributed by atoms with Crippen LogP contribution >= 0.6 is 0 Å². The van der Waals surface area contributed by atoms with Crippen molar-refractivity contribution in [1.82, 2.24) is 0 Å². The Balaban J connectivity index is 1.90. The summed E-state index contributed by atoms with van der Waals surface area (Å²) >= 11 is 0. The zero-order valence-corrected chi connectivity index (χ0v) is 17.1. The van der Waals surface area contributed by atoms with Gasteiger partial charge < -0.3 is 14.6 Å². The molecule has 0 aliphatic heterocycles. The van der Waals surface area contributed by atoms with Crippen molar-refractivity contribution in [1.29, 1.82) is 0 Å². The summed E-state index contributed by atoms with van der Waals surface area (Å²) in [6.07, 6.45) is 1.83. The molecule has 0 bridgehead atoms. The number of aliphatic hydroxyl groups excluding tert-OH is 1. The van der Waals surface area contributed by atoms with Crippen molar-refractivity contribution < 1.29 is 18.8 Å². The summed E-state index contributed by atoms with van der Waals surface area (Å²) in [5.74, 6) is 0.742. The van der Waals surface area contributed by atoms with E-state index in [9.17, 15) is 9.32 Å². The number of rotatable bonds is 11. The molecule has 0 aromatic heterocycles. The van der Waals surface area contributed by atoms with Crippen molar-refractivity contribution in [2.75, 3.05) is 31.7 Å². The molecule has 0 spiro atoms. The molecule has 0 aliphatic carbocycles. The number of benzene rings is 2. The van der Waals surface area contributed by atoms with E-state index in [4.69, 9.17) is 9.47 Å². The highest BCUT2D eigenvalue weighted by molar-refractivity contribution is 7.86. The molecule has 2 rings (SSSR count). The van der Waals surface area contributed by atoms with Gasteiger partial charge in [0.05, 0.1) is 18.1 Å². The standard InChI is InChI=1S/C21H29NO4S/c1-4-26-16-15-19(23)10-7-17-5-8-18(9-6-17)22(2)27(24)21-13-11-20(25-3)12-14-21/h5-6,8-9,11-14,19,23H,4,7,10,15-16H2,1-3H3/t19-,27?/m1/s1. The summed E-state index contributed by atoms with van der Waals surface area (Å²) in [7, 11) is 2.13. The Bertz CT molecular complexity index is 703. The van der Waals surface area contributed by atoms with Crippen LogP contribution in [0.4, 0.5) is 5.69 Å². The van der Waals surface area contributed by atoms with E-state index in [0.29, 0.717) is 26.1 Å². The number of aryl methyl sites for hydroxylation is 1. The van der Waals surface area contributed by atoms with Crippen molar-refractivity contribution in [3.63, 3.8) is 0 Å². The van der Waals surface area contributed by atoms with Crippen LogP contribution in [-0.2, 0) is 22.1 Å². The number of nitrogens with zero attached hydrogens (tertiary/aromatic N) is 1. The minimum Gasteiger partial charge on any atom is -0.497 e. The number of aliphatic hydroxyl groups is 1. The van der Waals surface area contributed by atoms with E-state index in [-0.39, 0.29) is 6.10 Å². The molecule has 148 valence electrons. The minimum absolute atomic E-state index is 0.346. The molecule has 27 heavy (non-hydrogen) atoms. The third-order valence-electron chi connectivity index (χ3n) is 4.38. The third-order valence-corrected chi connectivity index (χ3v) is 5.76. The predicted molar refractivity (Wildman–Crippen MR) is 110 cm³/mol. The SMILES string of the molecule is CCOCC[C@H](O)CCc1ccc(N(C)S(=O)c2ccc(OC)cc2)cc1. The Hall–Kier alpha value is -1.89. The lowest BCUT2D eigenvalue weighted by molar-refractivity contribution is 0.0845. The van der Waals surface area contributed by atoms with Crippen molar-refractivity contribution in [2.45, 2.75) is 37.2 Å². The van der Waals surface area contributed by atoms with Crippen LogP contribution in [0.2, 0.25) is 0 Å². The number of hydrogen-bond donors (Lipinski definition) is 1. The predicted octanol–water partition coefficient (Wildman–Crippen LogP) is 3.57. The molecule has 0 radical (unpaired) electrons. The highest BCUT2D eigenvalue weighted by Crippen LogP contribution is 2.22. The summed E-state index contributed by atoms with van der Waals surface area (Å²) in [6.45, 7) is 3.23. The largest absolute Gasteiger partial charge is 0.497 e. The second kappa shape index (κ2) is 11.1. The van der Waals surface area contributed by atoms with E-state index in [0.717, 1.165) is 28.3 Å². The monoisotopic (exact) mass is 391 g/mol. The van der Waals surface area contributed by atoms with Crippen LogP contribution in [0.5, 0.6) is 5.75 Å². The van der Waals surface area contributed by atoms with Crippen LogP contribution in [0.3, 0.4) is 0 Å². The quantitative estimate of drug-likeness (QED) is 0.595. The molecule has 1 unspecified atom stereocenters. The van der Waals surface area contributed by atoms with Gasteiger partial charge in [0.1, 0.15) is 5.75 Å². The Morgan fingerprint density at radius 2 is 1.74 bits per heavy atom. The van der Waals surface area contributed by atoms with E-state index < -0.39 is 11.0 Å². The van der Waals surface area contributed by atoms with Crippen LogP contribution in [0, 0.1) is 0 Å². The van der Waals surface area contributed by atoms with Gasteiger partial charge in [0.25, 0.3) is 0 Å². The van der Waals surface area contributed by atoms with Crippen molar-refractivity contribution >= 4 is 16.7 Å². The van der Waals surface area contributed by atoms with Gasteiger partial charge in [0.15, 0.2) is 11.0 Å². The van der Waals surface area contributed by atoms with E-state index in [1.165, 1.54) is 0 Å². The second-order valence-corrected chi connectivity index (χ2v) is 7.78. The highest BCUT2D eigenvalue weighted by atomic mass is 32.2. The lowest BCUT2D eigenvalue weighted by Gasteiger charge is -2.19. The van der Waals surface area contributed by atoms with E-state index in [1.54, 1.807) is 23.5 Å². The van der Waals surface area contributed by atoms with Crippen LogP contribution in [0.25, 0.3) is 0 Å². The molecule has 6 heteroatoms. The maximum Gasteiger partial charge on any atom is 0.152 e. The molecule has 2 aromatic carbocycles. The first-order valence-electron chi connectivity index (χ1n) is 9.19. The van der Waals surface area contributed by atoms with Gasteiger partial charge >= 0.3 is 0 Å². The number of ether oxygens (including phenoxy) is 2. The second-order valence-electron chi connectivity index (χ2n) is 6.27. The lowest BCUT2D eigenvalue weighted by atomic mass is 10.0. The van der Waals surface area contributed by atoms with E-state index >= 15 is 0 Å². The minimum atomic E-state index is -1.29. The van der Waals surface area contributed by atoms with Gasteiger partial charge in [-0.3, -0.25) is 4.31 Å². The number of anilines is 1. The van der Waals surface area contributed by atoms with Crippen LogP contribution in [-0.4, -0.2) is 42.8 Å². The first-order valence-corrected chi connectivity index (χ1v) is 10.3. The zero-order valence-electron chi connectivity index (χ0n) is 16.3. The molecule has 1 N–H and O–H groups in total. The molecular formula is C21H29NO4S. The molecule has 0 saturated carbocycles. The first kappa shape index (κ1) is 21.4. The fraction of sp³-hybridized carbons (Fsp3) is 0.429. The molecule has 5 nitrogen and oxygen atoms in total. The first-order chi connectivity index (χ1) is 13.0. The Morgan fingerprint density at radius 3 is 2.33 bits per heavy atom. The van der Waals surface area contributed by atoms with Crippen LogP contribution in [0.1, 0.15) is 25.3 Å². The Morgan fingerprint density at radius 1 is 1.07 bits per heavy atom. The van der Waals surface area contributed by atoms with Gasteiger partial charge in [0, 0.05) is 25.9 Å². The maximum absolute atomic E-state index is 12.7. The molecule has 0 saturated heterocycles. The van der Waals surface area contributed by atoms with Gasteiger partial charge in [-0.05, 0) is 68.1 Å². The normalized spacial score (nSPS) is 13.2. The van der Waals surface area contributed by atoms with E-state index in [1.807, 2.05) is 50.4 Å². The molecule has 0 amide bonds. The number of hydrogen-bond acceptors (Lipinski definition) is 4. The average Bonchev–Trinajstić information content (AvgIpc) is 2.72. The van der Waals surface area contributed by atoms with Crippen LogP contribution < -0.4 is 9.04 Å². The summed E-state index contributed by atoms with van der Waals surface area (Å²) in [5, 5.41) is 9.98. The van der Waals surface area contributed by atoms with Crippen molar-refractivity contribution in [3.05, 3.63) is 54.1 Å². The fourth-order valence-electron chi connectivity index (χ4n) is 2.66. The topological polar surface area (TPSA) is 59.0 Å². The van der Waals surface area contributed by atoms with E-state index in [2.05, 4.69) is 0 Å². The molecule has 2 atom stereocenters. The lowest BCUT2D eigenvalue weighted by Crippen LogP contribution is -2.20. The fourth-order valence-corrected chi connectivity index (χ4v) is 3.66. The summed E-state index contributed by atoms with van der Waals surface area (Å²) < 4.78 is 24.9. The molecule has 2 aromatic rings. The van der Waals surface area contributed by atoms with Crippen molar-refractivity contribution in [3.8, 4) is 5.75 Å². The molecule has 0 aliphatic rings. The highest BCUT2D eigenvalue weighted by Gasteiger charge is 2.12. The number of methoxy groups -OCH3 is 1. The third kappa shape index (κ3) is 6.65. The Labute approximate surface area is 164 Å². The van der Waals surface area contributed by atoms with Gasteiger partial charge in [0.2, 0.25) is 0 Å². The smallest absolute Gasteiger partial charge is 0.152 e. The summed E-state index contributed by atoms with van der Waals surface area (Å²) in [5.41, 5.74) is 2.03. The average molecular weight is 392 g/mol. The van der Waals surface area contributed by atoms with Crippen LogP contribution in [0.15, 0.2) is 53.4 Å². The Kier molecular flexibility index (Phi) is 8.78. The maximum atomic E-state index is 12.7. The molecular weight excluding hydrogens is 362 g/mol. The van der Waals surface area contributed by atoms with Gasteiger partial charge in [-0.15, -0.1) is 0 Å². The van der Waals surface area contributed by atoms with Gasteiger partial charge in [-0.1, -0.05) is 12.1 Å². The van der Waals surface area contributed by atoms with Gasteiger partial charge in [-0.2, -0.15) is 0 Å². The van der Waals surface area contributed by atoms with Crippen molar-refractivity contribution in [2.24, 2.45) is 0 Å².